The maximum atomic E-state index is 13.4. The van der Waals surface area contributed by atoms with Gasteiger partial charge in [-0.15, -0.1) is 0 Å². The zero-order valence-corrected chi connectivity index (χ0v) is 18.7. The minimum absolute atomic E-state index is 0.130. The molecule has 6 nitrogen and oxygen atoms in total. The zero-order chi connectivity index (χ0) is 24.2. The second-order valence-electron chi connectivity index (χ2n) is 8.04. The number of amides is 2. The lowest BCUT2D eigenvalue weighted by atomic mass is 10.0. The fourth-order valence-electron chi connectivity index (χ4n) is 4.02. The average molecular weight is 463 g/mol. The molecule has 0 fully saturated rings. The molecule has 0 N–H and O–H groups in total. The van der Waals surface area contributed by atoms with Crippen molar-refractivity contribution < 1.29 is 23.9 Å². The Balaban J connectivity index is 1.42. The van der Waals surface area contributed by atoms with E-state index in [1.54, 1.807) is 48.5 Å². The number of benzene rings is 4. The van der Waals surface area contributed by atoms with E-state index < -0.39 is 23.8 Å². The number of imide groups is 1. The predicted octanol–water partition coefficient (Wildman–Crippen LogP) is 5.29. The van der Waals surface area contributed by atoms with Crippen molar-refractivity contribution in [3.63, 3.8) is 0 Å². The lowest BCUT2D eigenvalue weighted by Crippen LogP contribution is -2.48. The molecule has 0 saturated heterocycles. The first-order chi connectivity index (χ1) is 17.1. The van der Waals surface area contributed by atoms with Gasteiger partial charge in [0.25, 0.3) is 11.8 Å². The minimum atomic E-state index is -1.14. The van der Waals surface area contributed by atoms with Crippen LogP contribution in [0.2, 0.25) is 0 Å². The Morgan fingerprint density at radius 3 is 1.86 bits per heavy atom. The molecule has 0 aromatic heterocycles. The summed E-state index contributed by atoms with van der Waals surface area (Å²) in [6, 6.07) is 30.5. The highest BCUT2D eigenvalue weighted by molar-refractivity contribution is 6.22. The largest absolute Gasteiger partial charge is 0.457 e. The third kappa shape index (κ3) is 4.68. The summed E-state index contributed by atoms with van der Waals surface area (Å²) in [6.07, 6.45) is 0.130. The smallest absolute Gasteiger partial charge is 0.335 e. The summed E-state index contributed by atoms with van der Waals surface area (Å²) in [7, 11) is 0. The van der Waals surface area contributed by atoms with Crippen LogP contribution in [0.4, 0.5) is 0 Å². The number of hydrogen-bond acceptors (Lipinski definition) is 5. The van der Waals surface area contributed by atoms with Crippen LogP contribution in [0.1, 0.15) is 26.3 Å². The van der Waals surface area contributed by atoms with E-state index in [4.69, 9.17) is 9.47 Å². The van der Waals surface area contributed by atoms with Crippen molar-refractivity contribution in [2.45, 2.75) is 12.5 Å². The molecule has 2 amide bonds. The van der Waals surface area contributed by atoms with Crippen molar-refractivity contribution in [2.24, 2.45) is 0 Å². The second-order valence-corrected chi connectivity index (χ2v) is 8.04. The summed E-state index contributed by atoms with van der Waals surface area (Å²) < 4.78 is 11.5. The van der Waals surface area contributed by atoms with Crippen LogP contribution in [0.15, 0.2) is 109 Å². The van der Waals surface area contributed by atoms with Crippen LogP contribution < -0.4 is 9.47 Å². The van der Waals surface area contributed by atoms with Gasteiger partial charge >= 0.3 is 5.97 Å². The van der Waals surface area contributed by atoms with Gasteiger partial charge in [0, 0.05) is 12.5 Å². The van der Waals surface area contributed by atoms with Gasteiger partial charge in [-0.25, -0.2) is 4.79 Å². The lowest BCUT2D eigenvalue weighted by molar-refractivity contribution is -0.138. The Morgan fingerprint density at radius 1 is 0.657 bits per heavy atom. The normalized spacial score (nSPS) is 13.3. The van der Waals surface area contributed by atoms with Crippen LogP contribution in [-0.4, -0.2) is 28.7 Å². The zero-order valence-electron chi connectivity index (χ0n) is 18.7. The molecule has 0 radical (unpaired) electrons. The number of carbonyl (C=O) groups is 3. The molecule has 0 spiro atoms. The molecule has 1 aliphatic heterocycles. The maximum absolute atomic E-state index is 13.4. The number of hydrogen-bond donors (Lipinski definition) is 0. The highest BCUT2D eigenvalue weighted by Crippen LogP contribution is 2.29. The van der Waals surface area contributed by atoms with E-state index in [1.165, 1.54) is 0 Å². The van der Waals surface area contributed by atoms with Crippen molar-refractivity contribution in [1.29, 1.82) is 0 Å². The Bertz CT molecular complexity index is 1350. The van der Waals surface area contributed by atoms with Crippen LogP contribution in [0, 0.1) is 0 Å². The van der Waals surface area contributed by atoms with Gasteiger partial charge in [-0.05, 0) is 42.0 Å². The van der Waals surface area contributed by atoms with E-state index in [1.807, 2.05) is 60.7 Å². The molecular weight excluding hydrogens is 442 g/mol. The third-order valence-corrected chi connectivity index (χ3v) is 5.68. The van der Waals surface area contributed by atoms with E-state index in [9.17, 15) is 14.4 Å². The van der Waals surface area contributed by atoms with Crippen LogP contribution in [0.5, 0.6) is 17.2 Å². The van der Waals surface area contributed by atoms with Gasteiger partial charge in [0.2, 0.25) is 0 Å². The molecular formula is C29H21NO5. The number of ether oxygens (including phenoxy) is 2. The standard InChI is InChI=1S/C29H21NO5/c31-27-24-16-7-8-17-25(24)28(32)30(27)26(18-20-10-3-1-4-11-20)29(33)35-23-15-9-14-22(19-23)34-21-12-5-2-6-13-21/h1-17,19,26H,18H2. The second kappa shape index (κ2) is 9.65. The number of fused-ring (bicyclic) bond motifs is 1. The molecule has 6 heteroatoms. The summed E-state index contributed by atoms with van der Waals surface area (Å²) in [5, 5.41) is 0. The predicted molar refractivity (Wildman–Crippen MR) is 129 cm³/mol. The van der Waals surface area contributed by atoms with Crippen molar-refractivity contribution in [1.82, 2.24) is 4.90 Å². The molecule has 0 saturated carbocycles. The van der Waals surface area contributed by atoms with Gasteiger partial charge < -0.3 is 9.47 Å². The fraction of sp³-hybridized carbons (Fsp3) is 0.0690. The van der Waals surface area contributed by atoms with Crippen LogP contribution >= 0.6 is 0 Å². The van der Waals surface area contributed by atoms with E-state index >= 15 is 0 Å². The van der Waals surface area contributed by atoms with E-state index in [0.717, 1.165) is 10.5 Å². The van der Waals surface area contributed by atoms with E-state index in [2.05, 4.69) is 0 Å². The van der Waals surface area contributed by atoms with Crippen LogP contribution in [0.3, 0.4) is 0 Å². The molecule has 35 heavy (non-hydrogen) atoms. The average Bonchev–Trinajstić information content (AvgIpc) is 3.14. The first-order valence-electron chi connectivity index (χ1n) is 11.2. The monoisotopic (exact) mass is 463 g/mol. The SMILES string of the molecule is O=C(Oc1cccc(Oc2ccccc2)c1)C(Cc1ccccc1)N1C(=O)c2ccccc2C1=O. The Hall–Kier alpha value is -4.71. The van der Waals surface area contributed by atoms with Crippen molar-refractivity contribution in [2.75, 3.05) is 0 Å². The molecule has 4 aromatic carbocycles. The molecule has 1 atom stereocenters. The topological polar surface area (TPSA) is 72.9 Å². The molecule has 172 valence electrons. The highest BCUT2D eigenvalue weighted by atomic mass is 16.5. The molecule has 0 bridgehead atoms. The number of nitrogens with zero attached hydrogens (tertiary/aromatic N) is 1. The lowest BCUT2D eigenvalue weighted by Gasteiger charge is -2.24. The highest BCUT2D eigenvalue weighted by Gasteiger charge is 2.43. The quantitative estimate of drug-likeness (QED) is 0.212. The summed E-state index contributed by atoms with van der Waals surface area (Å²) in [4.78, 5) is 40.7. The Kier molecular flexibility index (Phi) is 6.09. The number of rotatable bonds is 7. The van der Waals surface area contributed by atoms with Crippen molar-refractivity contribution >= 4 is 17.8 Å². The number of para-hydroxylation sites is 1. The summed E-state index contributed by atoms with van der Waals surface area (Å²) in [6.45, 7) is 0. The first kappa shape index (κ1) is 22.1. The van der Waals surface area contributed by atoms with Gasteiger partial charge in [0.05, 0.1) is 11.1 Å². The van der Waals surface area contributed by atoms with E-state index in [0.29, 0.717) is 11.5 Å². The molecule has 1 heterocycles. The minimum Gasteiger partial charge on any atom is -0.457 e. The van der Waals surface area contributed by atoms with Gasteiger partial charge in [-0.3, -0.25) is 14.5 Å². The van der Waals surface area contributed by atoms with Crippen molar-refractivity contribution in [3.05, 3.63) is 126 Å². The first-order valence-corrected chi connectivity index (χ1v) is 11.2. The molecule has 0 aliphatic carbocycles. The molecule has 5 rings (SSSR count). The third-order valence-electron chi connectivity index (χ3n) is 5.68. The maximum Gasteiger partial charge on any atom is 0.335 e. The Labute approximate surface area is 202 Å². The van der Waals surface area contributed by atoms with Crippen LogP contribution in [0.25, 0.3) is 0 Å². The summed E-state index contributed by atoms with van der Waals surface area (Å²) >= 11 is 0. The number of esters is 1. The summed E-state index contributed by atoms with van der Waals surface area (Å²) in [5.74, 6) is -0.349. The van der Waals surface area contributed by atoms with E-state index in [-0.39, 0.29) is 23.3 Å². The molecule has 1 unspecified atom stereocenters. The number of carbonyl (C=O) groups excluding carboxylic acids is 3. The van der Waals surface area contributed by atoms with Gasteiger partial charge in [0.15, 0.2) is 0 Å². The van der Waals surface area contributed by atoms with Gasteiger partial charge in [0.1, 0.15) is 23.3 Å². The fourth-order valence-corrected chi connectivity index (χ4v) is 4.02. The molecule has 4 aromatic rings. The molecule has 1 aliphatic rings. The summed E-state index contributed by atoms with van der Waals surface area (Å²) in [5.41, 5.74) is 1.36. The Morgan fingerprint density at radius 2 is 1.20 bits per heavy atom. The van der Waals surface area contributed by atoms with Crippen molar-refractivity contribution in [3.8, 4) is 17.2 Å². The van der Waals surface area contributed by atoms with Gasteiger partial charge in [-0.2, -0.15) is 0 Å². The van der Waals surface area contributed by atoms with Gasteiger partial charge in [-0.1, -0.05) is 66.7 Å². The van der Waals surface area contributed by atoms with Crippen LogP contribution in [-0.2, 0) is 11.2 Å².